The van der Waals surface area contributed by atoms with Crippen molar-refractivity contribution in [3.63, 3.8) is 0 Å². The van der Waals surface area contributed by atoms with E-state index in [-0.39, 0.29) is 11.2 Å². The molecule has 1 saturated carbocycles. The van der Waals surface area contributed by atoms with Crippen molar-refractivity contribution >= 4 is 11.7 Å². The van der Waals surface area contributed by atoms with Gasteiger partial charge < -0.3 is 16.4 Å². The molecular weight excluding hydrogens is 259 g/mol. The predicted molar refractivity (Wildman–Crippen MR) is 64.6 cm³/mol. The smallest absolute Gasteiger partial charge is 0.331 e. The number of rotatable bonds is 3. The Morgan fingerprint density at radius 2 is 2.05 bits per heavy atom. The van der Waals surface area contributed by atoms with Gasteiger partial charge in [0.25, 0.3) is 0 Å². The van der Waals surface area contributed by atoms with Crippen molar-refractivity contribution in [1.29, 1.82) is 0 Å². The zero-order valence-corrected chi connectivity index (χ0v) is 10.1. The highest BCUT2D eigenvalue weighted by molar-refractivity contribution is 5.90. The van der Waals surface area contributed by atoms with Crippen LogP contribution in [0.25, 0.3) is 0 Å². The van der Waals surface area contributed by atoms with Crippen LogP contribution in [0.2, 0.25) is 0 Å². The second kappa shape index (κ2) is 4.73. The summed E-state index contributed by atoms with van der Waals surface area (Å²) in [6.07, 6.45) is -2.85. The summed E-state index contributed by atoms with van der Waals surface area (Å²) in [4.78, 5) is 11.6. The maximum absolute atomic E-state index is 12.5. The lowest BCUT2D eigenvalue weighted by Crippen LogP contribution is -2.44. The van der Waals surface area contributed by atoms with Gasteiger partial charge in [-0.3, -0.25) is 0 Å². The first-order chi connectivity index (χ1) is 8.85. The van der Waals surface area contributed by atoms with Gasteiger partial charge in [-0.2, -0.15) is 13.2 Å². The minimum Gasteiger partial charge on any atom is -0.331 e. The Morgan fingerprint density at radius 3 is 2.58 bits per heavy atom. The van der Waals surface area contributed by atoms with Crippen LogP contribution in [0.3, 0.4) is 0 Å². The van der Waals surface area contributed by atoms with Crippen molar-refractivity contribution in [2.75, 3.05) is 11.9 Å². The van der Waals surface area contributed by atoms with Gasteiger partial charge in [0.15, 0.2) is 0 Å². The molecule has 0 aromatic heterocycles. The number of benzene rings is 1. The summed E-state index contributed by atoms with van der Waals surface area (Å²) in [7, 11) is 0. The van der Waals surface area contributed by atoms with E-state index in [0.717, 1.165) is 25.0 Å². The minimum atomic E-state index is -4.43. The predicted octanol–water partition coefficient (Wildman–Crippen LogP) is 2.32. The molecule has 0 unspecified atom stereocenters. The van der Waals surface area contributed by atoms with Crippen LogP contribution in [0.4, 0.5) is 23.7 Å². The van der Waals surface area contributed by atoms with Gasteiger partial charge in [0.1, 0.15) is 0 Å². The van der Waals surface area contributed by atoms with Crippen LogP contribution >= 0.6 is 0 Å². The van der Waals surface area contributed by atoms with E-state index in [2.05, 4.69) is 10.6 Å². The molecular formula is C12H14F3N3O. The van der Waals surface area contributed by atoms with Crippen LogP contribution in [0, 0.1) is 0 Å². The topological polar surface area (TPSA) is 67.1 Å². The number of hydrogen-bond donors (Lipinski definition) is 3. The van der Waals surface area contributed by atoms with E-state index in [9.17, 15) is 18.0 Å². The zero-order chi connectivity index (χ0) is 14.1. The quantitative estimate of drug-likeness (QED) is 0.791. The Labute approximate surface area is 108 Å². The fraction of sp³-hybridized carbons (Fsp3) is 0.417. The van der Waals surface area contributed by atoms with E-state index in [0.29, 0.717) is 6.54 Å². The molecule has 1 aromatic carbocycles. The fourth-order valence-corrected chi connectivity index (χ4v) is 1.71. The van der Waals surface area contributed by atoms with E-state index in [1.165, 1.54) is 12.1 Å². The fourth-order valence-electron chi connectivity index (χ4n) is 1.71. The van der Waals surface area contributed by atoms with Crippen molar-refractivity contribution in [1.82, 2.24) is 5.32 Å². The highest BCUT2D eigenvalue weighted by Crippen LogP contribution is 2.34. The Hall–Kier alpha value is -1.76. The molecule has 1 fully saturated rings. The van der Waals surface area contributed by atoms with Gasteiger partial charge in [0.05, 0.1) is 11.1 Å². The molecule has 0 bridgehead atoms. The van der Waals surface area contributed by atoms with Crippen molar-refractivity contribution in [2.24, 2.45) is 5.73 Å². The first kappa shape index (κ1) is 13.7. The maximum atomic E-state index is 12.5. The summed E-state index contributed by atoms with van der Waals surface area (Å²) in [6, 6.07) is 3.94. The molecule has 4 N–H and O–H groups in total. The second-order valence-electron chi connectivity index (χ2n) is 4.64. The summed E-state index contributed by atoms with van der Waals surface area (Å²) in [5, 5.41) is 5.05. The number of nitrogens with one attached hydrogen (secondary N) is 2. The van der Waals surface area contributed by atoms with Crippen LogP contribution < -0.4 is 16.4 Å². The van der Waals surface area contributed by atoms with Crippen LogP contribution in [0.15, 0.2) is 24.3 Å². The van der Waals surface area contributed by atoms with Gasteiger partial charge >= 0.3 is 12.2 Å². The van der Waals surface area contributed by atoms with E-state index in [1.54, 1.807) is 0 Å². The third-order valence-electron chi connectivity index (χ3n) is 3.07. The van der Waals surface area contributed by atoms with Crippen molar-refractivity contribution in [3.05, 3.63) is 29.8 Å². The Morgan fingerprint density at radius 1 is 1.37 bits per heavy atom. The molecule has 0 heterocycles. The van der Waals surface area contributed by atoms with Crippen molar-refractivity contribution in [2.45, 2.75) is 24.6 Å². The van der Waals surface area contributed by atoms with Gasteiger partial charge in [-0.05, 0) is 31.0 Å². The number of urea groups is 1. The molecule has 0 atom stereocenters. The first-order valence-electron chi connectivity index (χ1n) is 5.81. The van der Waals surface area contributed by atoms with Crippen molar-refractivity contribution < 1.29 is 18.0 Å². The first-order valence-corrected chi connectivity index (χ1v) is 5.81. The molecule has 4 nitrogen and oxygen atoms in total. The number of amides is 2. The summed E-state index contributed by atoms with van der Waals surface area (Å²) in [5.41, 5.74) is 4.41. The van der Waals surface area contributed by atoms with Gasteiger partial charge in [0.2, 0.25) is 0 Å². The number of hydrogen-bond acceptors (Lipinski definition) is 2. The number of nitrogens with two attached hydrogens (primary N) is 1. The largest absolute Gasteiger partial charge is 0.416 e. The maximum Gasteiger partial charge on any atom is 0.416 e. The number of carbonyl (C=O) groups is 1. The highest BCUT2D eigenvalue weighted by atomic mass is 19.4. The van der Waals surface area contributed by atoms with Crippen LogP contribution in [-0.2, 0) is 6.18 Å². The summed E-state index contributed by atoms with van der Waals surface area (Å²) < 4.78 is 37.5. The lowest BCUT2D eigenvalue weighted by atomic mass is 10.2. The van der Waals surface area contributed by atoms with Gasteiger partial charge in [-0.25, -0.2) is 4.79 Å². The summed E-state index contributed by atoms with van der Waals surface area (Å²) in [5.74, 6) is 0. The molecule has 1 aromatic rings. The van der Waals surface area contributed by atoms with Gasteiger partial charge in [-0.1, -0.05) is 6.07 Å². The molecule has 7 heteroatoms. The highest BCUT2D eigenvalue weighted by Gasteiger charge is 2.42. The van der Waals surface area contributed by atoms with E-state index in [1.807, 2.05) is 0 Å². The molecule has 2 amide bonds. The number of anilines is 1. The summed E-state index contributed by atoms with van der Waals surface area (Å²) in [6.45, 7) is 0.322. The average Bonchev–Trinajstić information content (AvgIpc) is 3.08. The standard InChI is InChI=1S/C12H14F3N3O/c13-12(14,15)8-2-1-3-9(6-8)17-10(19)18-11(7-16)4-5-11/h1-3,6H,4-5,7,16H2,(H2,17,18,19). The molecule has 1 aliphatic rings. The lowest BCUT2D eigenvalue weighted by molar-refractivity contribution is -0.137. The van der Waals surface area contributed by atoms with E-state index < -0.39 is 17.8 Å². The second-order valence-corrected chi connectivity index (χ2v) is 4.64. The third kappa shape index (κ3) is 3.37. The molecule has 0 aliphatic heterocycles. The molecule has 104 valence electrons. The van der Waals surface area contributed by atoms with E-state index >= 15 is 0 Å². The Bertz CT molecular complexity index is 483. The lowest BCUT2D eigenvalue weighted by Gasteiger charge is -2.16. The SMILES string of the molecule is NCC1(NC(=O)Nc2cccc(C(F)(F)F)c2)CC1. The number of carbonyl (C=O) groups excluding carboxylic acids is 1. The molecule has 2 rings (SSSR count). The molecule has 0 spiro atoms. The minimum absolute atomic E-state index is 0.0974. The monoisotopic (exact) mass is 273 g/mol. The average molecular weight is 273 g/mol. The summed E-state index contributed by atoms with van der Waals surface area (Å²) >= 11 is 0. The van der Waals surface area contributed by atoms with Gasteiger partial charge in [0, 0.05) is 12.2 Å². The molecule has 0 radical (unpaired) electrons. The Balaban J connectivity index is 2.01. The zero-order valence-electron chi connectivity index (χ0n) is 10.1. The van der Waals surface area contributed by atoms with Crippen molar-refractivity contribution in [3.8, 4) is 0 Å². The molecule has 19 heavy (non-hydrogen) atoms. The third-order valence-corrected chi connectivity index (χ3v) is 3.07. The van der Waals surface area contributed by atoms with Crippen LogP contribution in [-0.4, -0.2) is 18.1 Å². The molecule has 0 saturated heterocycles. The van der Waals surface area contributed by atoms with E-state index in [4.69, 9.17) is 5.73 Å². The van der Waals surface area contributed by atoms with Crippen LogP contribution in [0.5, 0.6) is 0 Å². The Kier molecular flexibility index (Phi) is 3.40. The molecule has 1 aliphatic carbocycles. The van der Waals surface area contributed by atoms with Gasteiger partial charge in [-0.15, -0.1) is 0 Å². The number of alkyl halides is 3. The number of halogens is 3. The normalized spacial score (nSPS) is 16.8. The van der Waals surface area contributed by atoms with Crippen LogP contribution in [0.1, 0.15) is 18.4 Å².